The van der Waals surface area contributed by atoms with E-state index in [4.69, 9.17) is 9.47 Å². The van der Waals surface area contributed by atoms with Gasteiger partial charge in [0.25, 0.3) is 0 Å². The molecule has 5 nitrogen and oxygen atoms in total. The molecule has 2 N–H and O–H groups in total. The summed E-state index contributed by atoms with van der Waals surface area (Å²) in [4.78, 5) is 2.49. The number of nitrogens with zero attached hydrogens (tertiary/aromatic N) is 1. The molecule has 3 aliphatic rings. The average Bonchev–Trinajstić information content (AvgIpc) is 2.77. The third-order valence-electron chi connectivity index (χ3n) is 4.66. The fourth-order valence-electron chi connectivity index (χ4n) is 3.63. The number of aliphatic hydroxyl groups excluding tert-OH is 1. The summed E-state index contributed by atoms with van der Waals surface area (Å²) in [6.45, 7) is 8.54. The zero-order chi connectivity index (χ0) is 12.4. The number of hydrogen-bond acceptors (Lipinski definition) is 5. The fourth-order valence-corrected chi connectivity index (χ4v) is 3.63. The van der Waals surface area contributed by atoms with Crippen molar-refractivity contribution in [2.45, 2.75) is 0 Å². The highest BCUT2D eigenvalue weighted by atomic mass is 16.5. The molecule has 3 saturated heterocycles. The zero-order valence-corrected chi connectivity index (χ0v) is 10.9. The molecule has 104 valence electrons. The molecular weight excluding hydrogens is 232 g/mol. The molecule has 0 aromatic heterocycles. The smallest absolute Gasteiger partial charge is 0.0700 e. The van der Waals surface area contributed by atoms with Crippen LogP contribution >= 0.6 is 0 Å². The molecule has 0 amide bonds. The van der Waals surface area contributed by atoms with E-state index in [-0.39, 0.29) is 5.41 Å². The Kier molecular flexibility index (Phi) is 3.86. The maximum atomic E-state index is 9.68. The molecule has 3 aliphatic heterocycles. The van der Waals surface area contributed by atoms with Crippen LogP contribution in [-0.2, 0) is 9.47 Å². The summed E-state index contributed by atoms with van der Waals surface area (Å²) < 4.78 is 11.1. The minimum absolute atomic E-state index is 0.104. The Morgan fingerprint density at radius 2 is 2.06 bits per heavy atom. The highest BCUT2D eigenvalue weighted by Gasteiger charge is 2.49. The van der Waals surface area contributed by atoms with Gasteiger partial charge in [0.1, 0.15) is 0 Å². The van der Waals surface area contributed by atoms with E-state index in [2.05, 4.69) is 10.2 Å². The Labute approximate surface area is 108 Å². The van der Waals surface area contributed by atoms with Crippen molar-refractivity contribution < 1.29 is 14.6 Å². The van der Waals surface area contributed by atoms with Gasteiger partial charge in [0.2, 0.25) is 0 Å². The lowest BCUT2D eigenvalue weighted by Crippen LogP contribution is -2.38. The van der Waals surface area contributed by atoms with Crippen LogP contribution in [0.4, 0.5) is 0 Å². The molecule has 0 radical (unpaired) electrons. The topological polar surface area (TPSA) is 54.0 Å². The first-order valence-electron chi connectivity index (χ1n) is 7.02. The van der Waals surface area contributed by atoms with Crippen LogP contribution in [0, 0.1) is 17.3 Å². The predicted octanol–water partition coefficient (Wildman–Crippen LogP) is -0.837. The highest BCUT2D eigenvalue weighted by molar-refractivity contribution is 5.03. The number of nitrogens with one attached hydrogen (secondary N) is 1. The van der Waals surface area contributed by atoms with Crippen LogP contribution in [0.15, 0.2) is 0 Å². The van der Waals surface area contributed by atoms with Gasteiger partial charge in [0.15, 0.2) is 0 Å². The minimum Gasteiger partial charge on any atom is -0.396 e. The molecule has 2 unspecified atom stereocenters. The van der Waals surface area contributed by atoms with Gasteiger partial charge >= 0.3 is 0 Å². The van der Waals surface area contributed by atoms with Crippen LogP contribution in [-0.4, -0.2) is 75.8 Å². The van der Waals surface area contributed by atoms with Gasteiger partial charge in [0.05, 0.1) is 33.0 Å². The van der Waals surface area contributed by atoms with E-state index < -0.39 is 0 Å². The van der Waals surface area contributed by atoms with E-state index in [0.717, 1.165) is 59.2 Å². The van der Waals surface area contributed by atoms with Gasteiger partial charge < -0.3 is 24.8 Å². The van der Waals surface area contributed by atoms with Gasteiger partial charge in [0, 0.05) is 37.5 Å². The van der Waals surface area contributed by atoms with Crippen LogP contribution in [0.3, 0.4) is 0 Å². The van der Waals surface area contributed by atoms with E-state index in [9.17, 15) is 5.11 Å². The Balaban J connectivity index is 1.55. The third-order valence-corrected chi connectivity index (χ3v) is 4.66. The largest absolute Gasteiger partial charge is 0.396 e. The van der Waals surface area contributed by atoms with Crippen LogP contribution in [0.25, 0.3) is 0 Å². The van der Waals surface area contributed by atoms with Gasteiger partial charge in [-0.3, -0.25) is 0 Å². The monoisotopic (exact) mass is 256 g/mol. The Hall–Kier alpha value is -0.200. The van der Waals surface area contributed by atoms with E-state index in [0.29, 0.717) is 18.4 Å². The van der Waals surface area contributed by atoms with Gasteiger partial charge in [-0.15, -0.1) is 0 Å². The van der Waals surface area contributed by atoms with Crippen LogP contribution < -0.4 is 5.32 Å². The van der Waals surface area contributed by atoms with Crippen molar-refractivity contribution in [3.05, 3.63) is 0 Å². The van der Waals surface area contributed by atoms with Gasteiger partial charge in [-0.25, -0.2) is 0 Å². The van der Waals surface area contributed by atoms with E-state index in [1.54, 1.807) is 0 Å². The Morgan fingerprint density at radius 3 is 2.72 bits per heavy atom. The standard InChI is InChI=1S/C13H24N2O3/c16-10-13-8-14-3-12(13)5-15(9-13)4-11-6-17-1-2-18-7-11/h11-12,14,16H,1-10H2. The first kappa shape index (κ1) is 12.8. The molecule has 0 saturated carbocycles. The summed E-state index contributed by atoms with van der Waals surface area (Å²) in [5, 5.41) is 13.1. The molecule has 18 heavy (non-hydrogen) atoms. The van der Waals surface area contributed by atoms with Crippen molar-refractivity contribution in [2.75, 3.05) is 65.8 Å². The normalized spacial score (nSPS) is 38.8. The minimum atomic E-state index is 0.104. The number of hydrogen-bond donors (Lipinski definition) is 2. The van der Waals surface area contributed by atoms with Crippen molar-refractivity contribution in [3.63, 3.8) is 0 Å². The molecule has 0 spiro atoms. The van der Waals surface area contributed by atoms with Crippen LogP contribution in [0.2, 0.25) is 0 Å². The number of aliphatic hydroxyl groups is 1. The molecule has 5 heteroatoms. The molecular formula is C13H24N2O3. The second-order valence-electron chi connectivity index (χ2n) is 6.06. The van der Waals surface area contributed by atoms with Gasteiger partial charge in [-0.05, 0) is 12.5 Å². The summed E-state index contributed by atoms with van der Waals surface area (Å²) in [6, 6.07) is 0. The lowest BCUT2D eigenvalue weighted by molar-refractivity contribution is 0.0968. The van der Waals surface area contributed by atoms with Crippen LogP contribution in [0.1, 0.15) is 0 Å². The molecule has 3 fully saturated rings. The SMILES string of the molecule is OCC12CNCC1CN(CC1COCCOC1)C2. The second-order valence-corrected chi connectivity index (χ2v) is 6.06. The molecule has 0 aromatic rings. The third kappa shape index (κ3) is 2.42. The summed E-state index contributed by atoms with van der Waals surface area (Å²) in [7, 11) is 0. The fraction of sp³-hybridized carbons (Fsp3) is 1.00. The van der Waals surface area contributed by atoms with E-state index in [1.165, 1.54) is 0 Å². The number of likely N-dealkylation sites (tertiary alicyclic amines) is 1. The Morgan fingerprint density at radius 1 is 1.28 bits per heavy atom. The molecule has 0 bridgehead atoms. The molecule has 0 aromatic carbocycles. The van der Waals surface area contributed by atoms with Crippen molar-refractivity contribution in [2.24, 2.45) is 17.3 Å². The predicted molar refractivity (Wildman–Crippen MR) is 67.4 cm³/mol. The average molecular weight is 256 g/mol. The first-order valence-corrected chi connectivity index (χ1v) is 7.02. The number of ether oxygens (including phenoxy) is 2. The van der Waals surface area contributed by atoms with E-state index in [1.807, 2.05) is 0 Å². The van der Waals surface area contributed by atoms with Gasteiger partial charge in [-0.1, -0.05) is 0 Å². The summed E-state index contributed by atoms with van der Waals surface area (Å²) in [5.41, 5.74) is 0.104. The quantitative estimate of drug-likeness (QED) is 0.690. The number of fused-ring (bicyclic) bond motifs is 1. The zero-order valence-electron chi connectivity index (χ0n) is 10.9. The molecule has 3 rings (SSSR count). The van der Waals surface area contributed by atoms with Crippen molar-refractivity contribution in [1.29, 1.82) is 0 Å². The number of rotatable bonds is 3. The lowest BCUT2D eigenvalue weighted by Gasteiger charge is -2.26. The van der Waals surface area contributed by atoms with Crippen molar-refractivity contribution >= 4 is 0 Å². The summed E-state index contributed by atoms with van der Waals surface area (Å²) in [6.07, 6.45) is 0. The van der Waals surface area contributed by atoms with Crippen molar-refractivity contribution in [1.82, 2.24) is 10.2 Å². The molecule has 0 aliphatic carbocycles. The molecule has 2 atom stereocenters. The van der Waals surface area contributed by atoms with Crippen molar-refractivity contribution in [3.8, 4) is 0 Å². The Bertz CT molecular complexity index is 281. The first-order chi connectivity index (χ1) is 8.82. The summed E-state index contributed by atoms with van der Waals surface area (Å²) in [5.74, 6) is 1.09. The maximum absolute atomic E-state index is 9.68. The second kappa shape index (κ2) is 5.43. The summed E-state index contributed by atoms with van der Waals surface area (Å²) >= 11 is 0. The maximum Gasteiger partial charge on any atom is 0.0700 e. The highest BCUT2D eigenvalue weighted by Crippen LogP contribution is 2.38. The van der Waals surface area contributed by atoms with Crippen LogP contribution in [0.5, 0.6) is 0 Å². The molecule has 3 heterocycles. The van der Waals surface area contributed by atoms with E-state index >= 15 is 0 Å². The lowest BCUT2D eigenvalue weighted by atomic mass is 9.82. The van der Waals surface area contributed by atoms with Gasteiger partial charge in [-0.2, -0.15) is 0 Å².